The van der Waals surface area contributed by atoms with E-state index in [2.05, 4.69) is 9.97 Å². The maximum atomic E-state index is 14.4. The van der Waals surface area contributed by atoms with Crippen LogP contribution in [0.3, 0.4) is 0 Å². The molecule has 0 saturated heterocycles. The van der Waals surface area contributed by atoms with Gasteiger partial charge in [-0.15, -0.1) is 0 Å². The Morgan fingerprint density at radius 2 is 2.12 bits per heavy atom. The second kappa shape index (κ2) is 5.87. The number of halogens is 1. The minimum atomic E-state index is -0.319. The van der Waals surface area contributed by atoms with Crippen molar-refractivity contribution in [2.45, 2.75) is 37.8 Å². The Morgan fingerprint density at radius 3 is 2.92 bits per heavy atom. The quantitative estimate of drug-likeness (QED) is 0.760. The molecule has 3 N–H and O–H groups in total. The summed E-state index contributed by atoms with van der Waals surface area (Å²) in [5.74, 6) is 0.238. The molecule has 1 fully saturated rings. The molecule has 3 aromatic rings. The summed E-state index contributed by atoms with van der Waals surface area (Å²) in [5, 5.41) is 0. The Bertz CT molecular complexity index is 946. The normalized spacial score (nSPS) is 21.2. The minimum absolute atomic E-state index is 0.121. The number of aromatic amines is 1. The molecule has 6 heteroatoms. The molecule has 2 aromatic heterocycles. The van der Waals surface area contributed by atoms with E-state index in [1.165, 1.54) is 12.1 Å². The molecular formula is C18H19FN4O. The van der Waals surface area contributed by atoms with Gasteiger partial charge in [0.25, 0.3) is 0 Å². The van der Waals surface area contributed by atoms with Gasteiger partial charge in [-0.2, -0.15) is 0 Å². The van der Waals surface area contributed by atoms with Crippen molar-refractivity contribution in [2.75, 3.05) is 0 Å². The zero-order valence-corrected chi connectivity index (χ0v) is 13.2. The van der Waals surface area contributed by atoms with E-state index in [0.717, 1.165) is 31.2 Å². The van der Waals surface area contributed by atoms with Crippen molar-refractivity contribution in [3.63, 3.8) is 0 Å². The summed E-state index contributed by atoms with van der Waals surface area (Å²) < 4.78 is 16.4. The lowest BCUT2D eigenvalue weighted by Crippen LogP contribution is -2.29. The fourth-order valence-corrected chi connectivity index (χ4v) is 3.66. The lowest BCUT2D eigenvalue weighted by atomic mass is 9.91. The van der Waals surface area contributed by atoms with Crippen LogP contribution in [0.5, 0.6) is 0 Å². The minimum Gasteiger partial charge on any atom is -0.328 e. The van der Waals surface area contributed by atoms with E-state index in [4.69, 9.17) is 5.73 Å². The number of aromatic nitrogens is 3. The van der Waals surface area contributed by atoms with Crippen molar-refractivity contribution >= 4 is 11.0 Å². The van der Waals surface area contributed by atoms with Gasteiger partial charge in [0, 0.05) is 24.3 Å². The molecule has 1 saturated carbocycles. The highest BCUT2D eigenvalue weighted by Gasteiger charge is 2.26. The molecule has 2 unspecified atom stereocenters. The second-order valence-electron chi connectivity index (χ2n) is 6.43. The van der Waals surface area contributed by atoms with Gasteiger partial charge < -0.3 is 15.3 Å². The number of pyridine rings is 1. The molecule has 24 heavy (non-hydrogen) atoms. The highest BCUT2D eigenvalue weighted by atomic mass is 19.1. The molecule has 0 bridgehead atoms. The van der Waals surface area contributed by atoms with Gasteiger partial charge in [0.05, 0.1) is 11.1 Å². The van der Waals surface area contributed by atoms with Crippen LogP contribution in [0.4, 0.5) is 4.39 Å². The summed E-state index contributed by atoms with van der Waals surface area (Å²) in [6, 6.07) is 8.37. The third-order valence-corrected chi connectivity index (χ3v) is 4.76. The topological polar surface area (TPSA) is 76.7 Å². The van der Waals surface area contributed by atoms with Crippen LogP contribution in [0.15, 0.2) is 41.3 Å². The summed E-state index contributed by atoms with van der Waals surface area (Å²) in [6.07, 6.45) is 5.36. The Balaban J connectivity index is 1.97. The van der Waals surface area contributed by atoms with E-state index in [-0.39, 0.29) is 23.5 Å². The molecule has 124 valence electrons. The standard InChI is InChI=1S/C18H19FN4O/c19-14-7-2-1-6-13(14)18-22-15-10-21-17(24)9-16(15)23(18)12-5-3-4-11(20)8-12/h1-2,6-7,9-12H,3-5,8,20H2,(H,21,24). The molecule has 1 aromatic carbocycles. The third kappa shape index (κ3) is 2.53. The van der Waals surface area contributed by atoms with Gasteiger partial charge >= 0.3 is 0 Å². The monoisotopic (exact) mass is 326 g/mol. The van der Waals surface area contributed by atoms with E-state index < -0.39 is 0 Å². The average Bonchev–Trinajstić information content (AvgIpc) is 2.93. The van der Waals surface area contributed by atoms with Crippen molar-refractivity contribution < 1.29 is 4.39 Å². The lowest BCUT2D eigenvalue weighted by Gasteiger charge is -2.29. The Morgan fingerprint density at radius 1 is 1.29 bits per heavy atom. The molecule has 0 amide bonds. The Labute approximate surface area is 138 Å². The summed E-state index contributed by atoms with van der Waals surface area (Å²) in [4.78, 5) is 19.0. The van der Waals surface area contributed by atoms with Crippen LogP contribution in [-0.4, -0.2) is 20.6 Å². The van der Waals surface area contributed by atoms with Gasteiger partial charge in [-0.05, 0) is 37.8 Å². The van der Waals surface area contributed by atoms with Gasteiger partial charge in [0.1, 0.15) is 17.2 Å². The highest BCUT2D eigenvalue weighted by molar-refractivity contribution is 5.80. The maximum Gasteiger partial charge on any atom is 0.250 e. The number of imidazole rings is 1. The molecule has 2 atom stereocenters. The van der Waals surface area contributed by atoms with E-state index in [1.807, 2.05) is 4.57 Å². The number of rotatable bonds is 2. The van der Waals surface area contributed by atoms with Crippen LogP contribution < -0.4 is 11.3 Å². The summed E-state index contributed by atoms with van der Waals surface area (Å²) in [7, 11) is 0. The molecule has 0 aliphatic heterocycles. The molecular weight excluding hydrogens is 307 g/mol. The molecule has 1 aliphatic rings. The first-order valence-electron chi connectivity index (χ1n) is 8.24. The summed E-state index contributed by atoms with van der Waals surface area (Å²) in [6.45, 7) is 0. The van der Waals surface area contributed by atoms with Crippen molar-refractivity contribution in [3.05, 3.63) is 52.7 Å². The molecule has 5 nitrogen and oxygen atoms in total. The zero-order valence-electron chi connectivity index (χ0n) is 13.2. The maximum absolute atomic E-state index is 14.4. The van der Waals surface area contributed by atoms with Crippen molar-refractivity contribution in [3.8, 4) is 11.4 Å². The van der Waals surface area contributed by atoms with E-state index in [9.17, 15) is 9.18 Å². The Kier molecular flexibility index (Phi) is 3.69. The van der Waals surface area contributed by atoms with Crippen LogP contribution in [0.25, 0.3) is 22.4 Å². The fraction of sp³-hybridized carbons (Fsp3) is 0.333. The molecule has 0 spiro atoms. The summed E-state index contributed by atoms with van der Waals surface area (Å²) in [5.41, 5.74) is 7.79. The number of benzene rings is 1. The fourth-order valence-electron chi connectivity index (χ4n) is 3.66. The average molecular weight is 326 g/mol. The zero-order chi connectivity index (χ0) is 16.7. The number of H-pyrrole nitrogens is 1. The van der Waals surface area contributed by atoms with Gasteiger partial charge in [-0.25, -0.2) is 9.37 Å². The number of nitrogens with zero attached hydrogens (tertiary/aromatic N) is 2. The predicted molar refractivity (Wildman–Crippen MR) is 91.2 cm³/mol. The van der Waals surface area contributed by atoms with E-state index >= 15 is 0 Å². The van der Waals surface area contributed by atoms with Gasteiger partial charge in [0.2, 0.25) is 5.56 Å². The van der Waals surface area contributed by atoms with Crippen LogP contribution in [0.2, 0.25) is 0 Å². The van der Waals surface area contributed by atoms with Gasteiger partial charge in [-0.3, -0.25) is 4.79 Å². The van der Waals surface area contributed by atoms with Crippen molar-refractivity contribution in [1.82, 2.24) is 14.5 Å². The number of fused-ring (bicyclic) bond motifs is 1. The van der Waals surface area contributed by atoms with Gasteiger partial charge in [-0.1, -0.05) is 12.1 Å². The first-order valence-corrected chi connectivity index (χ1v) is 8.24. The molecule has 4 rings (SSSR count). The SMILES string of the molecule is NC1CCCC(n2c(-c3ccccc3F)nc3c[nH]c(=O)cc32)C1. The first-order chi connectivity index (χ1) is 11.6. The highest BCUT2D eigenvalue weighted by Crippen LogP contribution is 2.35. The second-order valence-corrected chi connectivity index (χ2v) is 6.43. The largest absolute Gasteiger partial charge is 0.328 e. The number of nitrogens with one attached hydrogen (secondary N) is 1. The summed E-state index contributed by atoms with van der Waals surface area (Å²) >= 11 is 0. The lowest BCUT2D eigenvalue weighted by molar-refractivity contribution is 0.327. The van der Waals surface area contributed by atoms with E-state index in [1.54, 1.807) is 24.4 Å². The van der Waals surface area contributed by atoms with Crippen molar-refractivity contribution in [1.29, 1.82) is 0 Å². The number of hydrogen-bond acceptors (Lipinski definition) is 3. The van der Waals surface area contributed by atoms with Crippen LogP contribution in [0, 0.1) is 5.82 Å². The van der Waals surface area contributed by atoms with Crippen LogP contribution in [-0.2, 0) is 0 Å². The smallest absolute Gasteiger partial charge is 0.250 e. The van der Waals surface area contributed by atoms with Crippen molar-refractivity contribution in [2.24, 2.45) is 5.73 Å². The molecule has 1 aliphatic carbocycles. The van der Waals surface area contributed by atoms with E-state index in [0.29, 0.717) is 16.9 Å². The number of nitrogens with two attached hydrogens (primary N) is 1. The molecule has 0 radical (unpaired) electrons. The Hall–Kier alpha value is -2.47. The predicted octanol–water partition coefficient (Wildman–Crippen LogP) is 2.97. The van der Waals surface area contributed by atoms with Crippen LogP contribution >= 0.6 is 0 Å². The van der Waals surface area contributed by atoms with Crippen LogP contribution in [0.1, 0.15) is 31.7 Å². The first kappa shape index (κ1) is 15.1. The number of hydrogen-bond donors (Lipinski definition) is 2. The third-order valence-electron chi connectivity index (χ3n) is 4.76. The molecule has 2 heterocycles. The van der Waals surface area contributed by atoms with Gasteiger partial charge in [0.15, 0.2) is 0 Å².